The summed E-state index contributed by atoms with van der Waals surface area (Å²) < 4.78 is 0. The highest BCUT2D eigenvalue weighted by Gasteiger charge is 2.34. The van der Waals surface area contributed by atoms with Crippen LogP contribution < -0.4 is 10.2 Å². The second kappa shape index (κ2) is 9.34. The van der Waals surface area contributed by atoms with Crippen LogP contribution in [-0.2, 0) is 5.54 Å². The monoisotopic (exact) mass is 444 g/mol. The van der Waals surface area contributed by atoms with Gasteiger partial charge >= 0.3 is 0 Å². The van der Waals surface area contributed by atoms with E-state index in [2.05, 4.69) is 112 Å². The van der Waals surface area contributed by atoms with Crippen LogP contribution in [-0.4, -0.2) is 43.1 Å². The minimum Gasteiger partial charge on any atom is -0.377 e. The average Bonchev–Trinajstić information content (AvgIpc) is 2.80. The predicted octanol–water partition coefficient (Wildman–Crippen LogP) is 6.51. The first-order valence-corrected chi connectivity index (χ1v) is 12.3. The van der Waals surface area contributed by atoms with Crippen LogP contribution in [0.4, 0.5) is 11.5 Å². The third-order valence-electron chi connectivity index (χ3n) is 7.92. The van der Waals surface area contributed by atoms with Crippen molar-refractivity contribution in [1.29, 1.82) is 0 Å². The highest BCUT2D eigenvalue weighted by Crippen LogP contribution is 2.36. The number of nitrogens with zero attached hydrogens (tertiary/aromatic N) is 3. The number of rotatable bonds is 6. The summed E-state index contributed by atoms with van der Waals surface area (Å²) in [6.45, 7) is 9.23. The molecule has 1 aromatic heterocycles. The summed E-state index contributed by atoms with van der Waals surface area (Å²) in [5, 5.41) is 4.96. The molecule has 0 spiro atoms. The molecule has 0 unspecified atom stereocenters. The van der Waals surface area contributed by atoms with Crippen LogP contribution >= 0.6 is 0 Å². The maximum Gasteiger partial charge on any atom is 0.128 e. The molecule has 0 bridgehead atoms. The molecule has 1 aliphatic rings. The minimum absolute atomic E-state index is 0.0154. The Balaban J connectivity index is 1.44. The van der Waals surface area contributed by atoms with E-state index >= 15 is 0 Å². The Hall–Kier alpha value is -2.59. The molecule has 176 valence electrons. The van der Waals surface area contributed by atoms with Gasteiger partial charge in [0.25, 0.3) is 0 Å². The van der Waals surface area contributed by atoms with Gasteiger partial charge in [0.2, 0.25) is 0 Å². The maximum atomic E-state index is 4.92. The van der Waals surface area contributed by atoms with Crippen LogP contribution in [0, 0.1) is 13.8 Å². The highest BCUT2D eigenvalue weighted by molar-refractivity contribution is 5.93. The van der Waals surface area contributed by atoms with Crippen molar-refractivity contribution in [3.8, 4) is 0 Å². The van der Waals surface area contributed by atoms with E-state index in [9.17, 15) is 0 Å². The third-order valence-corrected chi connectivity index (χ3v) is 7.92. The molecule has 0 aliphatic heterocycles. The quantitative estimate of drug-likeness (QED) is 0.470. The lowest BCUT2D eigenvalue weighted by molar-refractivity contribution is 0.0738. The summed E-state index contributed by atoms with van der Waals surface area (Å²) in [6.07, 6.45) is 4.75. The van der Waals surface area contributed by atoms with Gasteiger partial charge in [-0.05, 0) is 83.2 Å². The first-order chi connectivity index (χ1) is 15.7. The SMILES string of the molecule is Cc1cccc(C(C)(C)N(C)C2CCC(Nc3cc(N(C)C)c4ccccc4n3)CC2)c1C. The van der Waals surface area contributed by atoms with Gasteiger partial charge in [-0.15, -0.1) is 0 Å². The molecule has 4 rings (SSSR count). The van der Waals surface area contributed by atoms with E-state index in [1.165, 1.54) is 53.4 Å². The van der Waals surface area contributed by atoms with Crippen LogP contribution in [0.2, 0.25) is 0 Å². The van der Waals surface area contributed by atoms with Crippen LogP contribution in [0.25, 0.3) is 10.9 Å². The second-order valence-corrected chi connectivity index (χ2v) is 10.5. The molecule has 3 aromatic rings. The molecule has 0 amide bonds. The largest absolute Gasteiger partial charge is 0.377 e. The Bertz CT molecular complexity index is 1110. The number of nitrogens with one attached hydrogen (secondary N) is 1. The van der Waals surface area contributed by atoms with Gasteiger partial charge in [0.05, 0.1) is 5.52 Å². The zero-order valence-electron chi connectivity index (χ0n) is 21.4. The van der Waals surface area contributed by atoms with Crippen LogP contribution in [0.15, 0.2) is 48.5 Å². The van der Waals surface area contributed by atoms with Gasteiger partial charge in [-0.2, -0.15) is 0 Å². The van der Waals surface area contributed by atoms with Gasteiger partial charge in [0.1, 0.15) is 5.82 Å². The number of para-hydroxylation sites is 1. The molecule has 1 aliphatic carbocycles. The van der Waals surface area contributed by atoms with Gasteiger partial charge in [0.15, 0.2) is 0 Å². The number of aryl methyl sites for hydroxylation is 1. The lowest BCUT2D eigenvalue weighted by Crippen LogP contribution is -2.48. The van der Waals surface area contributed by atoms with Gasteiger partial charge in [-0.25, -0.2) is 4.98 Å². The fraction of sp³-hybridized carbons (Fsp3) is 0.483. The van der Waals surface area contributed by atoms with Crippen LogP contribution in [0.5, 0.6) is 0 Å². The van der Waals surface area contributed by atoms with Gasteiger partial charge in [-0.1, -0.05) is 36.4 Å². The Morgan fingerprint density at radius 3 is 2.30 bits per heavy atom. The minimum atomic E-state index is 0.0154. The molecule has 1 N–H and O–H groups in total. The molecule has 1 saturated carbocycles. The normalized spacial score (nSPS) is 19.2. The predicted molar refractivity (Wildman–Crippen MR) is 142 cm³/mol. The number of pyridine rings is 1. The van der Waals surface area contributed by atoms with E-state index in [1.807, 2.05) is 0 Å². The summed E-state index contributed by atoms with van der Waals surface area (Å²) in [4.78, 5) is 9.71. The molecule has 1 fully saturated rings. The number of hydrogen-bond acceptors (Lipinski definition) is 4. The van der Waals surface area contributed by atoms with E-state index in [0.717, 1.165) is 11.3 Å². The number of hydrogen-bond donors (Lipinski definition) is 1. The molecular weight excluding hydrogens is 404 g/mol. The van der Waals surface area contributed by atoms with Crippen molar-refractivity contribution in [3.63, 3.8) is 0 Å². The Morgan fingerprint density at radius 1 is 0.909 bits per heavy atom. The molecule has 2 aromatic carbocycles. The van der Waals surface area contributed by atoms with Crippen LogP contribution in [0.1, 0.15) is 56.2 Å². The van der Waals surface area contributed by atoms with E-state index in [-0.39, 0.29) is 5.54 Å². The molecule has 0 atom stereocenters. The number of benzene rings is 2. The second-order valence-electron chi connectivity index (χ2n) is 10.5. The van der Waals surface area contributed by atoms with Crippen molar-refractivity contribution in [2.75, 3.05) is 31.4 Å². The van der Waals surface area contributed by atoms with Gasteiger partial charge in [-0.3, -0.25) is 4.90 Å². The van der Waals surface area contributed by atoms with E-state index in [0.29, 0.717) is 12.1 Å². The van der Waals surface area contributed by atoms with E-state index < -0.39 is 0 Å². The topological polar surface area (TPSA) is 31.4 Å². The van der Waals surface area contributed by atoms with Crippen LogP contribution in [0.3, 0.4) is 0 Å². The Kier molecular flexibility index (Phi) is 6.67. The molecule has 33 heavy (non-hydrogen) atoms. The summed E-state index contributed by atoms with van der Waals surface area (Å²) in [5.74, 6) is 0.991. The van der Waals surface area contributed by atoms with Crippen molar-refractivity contribution >= 4 is 22.4 Å². The Labute approximate surface area is 200 Å². The average molecular weight is 445 g/mol. The van der Waals surface area contributed by atoms with Crippen molar-refractivity contribution in [2.45, 2.75) is 71.0 Å². The zero-order chi connectivity index (χ0) is 23.8. The zero-order valence-corrected chi connectivity index (χ0v) is 21.4. The third kappa shape index (κ3) is 4.72. The number of anilines is 2. The van der Waals surface area contributed by atoms with Crippen molar-refractivity contribution < 1.29 is 0 Å². The van der Waals surface area contributed by atoms with Crippen molar-refractivity contribution in [1.82, 2.24) is 9.88 Å². The molecule has 4 heteroatoms. The van der Waals surface area contributed by atoms with Crippen molar-refractivity contribution in [3.05, 3.63) is 65.2 Å². The fourth-order valence-electron chi connectivity index (χ4n) is 5.48. The Morgan fingerprint density at radius 2 is 1.61 bits per heavy atom. The first-order valence-electron chi connectivity index (χ1n) is 12.3. The van der Waals surface area contributed by atoms with Gasteiger partial charge < -0.3 is 10.2 Å². The molecule has 0 radical (unpaired) electrons. The lowest BCUT2D eigenvalue weighted by Gasteiger charge is -2.45. The maximum absolute atomic E-state index is 4.92. The standard InChI is InChI=1S/C29H40N4/c1-20-11-10-13-25(21(20)2)29(3,4)33(7)23-17-15-22(16-18-23)30-28-19-27(32(5)6)24-12-8-9-14-26(24)31-28/h8-14,19,22-23H,15-18H2,1-7H3,(H,30,31). The lowest BCUT2D eigenvalue weighted by atomic mass is 9.83. The molecule has 1 heterocycles. The summed E-state index contributed by atoms with van der Waals surface area (Å²) in [7, 11) is 6.52. The fourth-order valence-corrected chi connectivity index (χ4v) is 5.48. The summed E-state index contributed by atoms with van der Waals surface area (Å²) >= 11 is 0. The highest BCUT2D eigenvalue weighted by atomic mass is 15.2. The molecule has 0 saturated heterocycles. The summed E-state index contributed by atoms with van der Waals surface area (Å²) in [6, 6.07) is 18.4. The number of fused-ring (bicyclic) bond motifs is 1. The summed E-state index contributed by atoms with van der Waals surface area (Å²) in [5.41, 5.74) is 6.52. The number of aromatic nitrogens is 1. The molecule has 4 nitrogen and oxygen atoms in total. The first kappa shape index (κ1) is 23.6. The van der Waals surface area contributed by atoms with Crippen molar-refractivity contribution in [2.24, 2.45) is 0 Å². The van der Waals surface area contributed by atoms with Gasteiger partial charge in [0, 0.05) is 48.9 Å². The van der Waals surface area contributed by atoms with E-state index in [1.54, 1.807) is 0 Å². The molecular formula is C29H40N4. The smallest absolute Gasteiger partial charge is 0.128 e. The van der Waals surface area contributed by atoms with E-state index in [4.69, 9.17) is 4.98 Å².